The Bertz CT molecular complexity index is 901. The summed E-state index contributed by atoms with van der Waals surface area (Å²) in [5.41, 5.74) is 2.68. The van der Waals surface area contributed by atoms with Crippen LogP contribution in [0.15, 0.2) is 72.8 Å². The van der Waals surface area contributed by atoms with Gasteiger partial charge in [0.25, 0.3) is 0 Å². The summed E-state index contributed by atoms with van der Waals surface area (Å²) in [4.78, 5) is 0. The summed E-state index contributed by atoms with van der Waals surface area (Å²) in [5.74, 6) is 1.94. The number of nitrogens with zero attached hydrogens (tertiary/aromatic N) is 1. The zero-order valence-electron chi connectivity index (χ0n) is 14.5. The number of para-hydroxylation sites is 1. The van der Waals surface area contributed by atoms with Crippen LogP contribution in [0.1, 0.15) is 5.56 Å². The van der Waals surface area contributed by atoms with Crippen LogP contribution in [0.3, 0.4) is 0 Å². The molecule has 0 fully saturated rings. The molecule has 0 saturated heterocycles. The molecule has 0 aliphatic heterocycles. The minimum atomic E-state index is 0.366. The zero-order valence-corrected chi connectivity index (χ0v) is 14.5. The molecule has 0 unspecified atom stereocenters. The molecular weight excluding hydrogens is 326 g/mol. The summed E-state index contributed by atoms with van der Waals surface area (Å²) in [5, 5.41) is 8.94. The molecule has 0 aliphatic carbocycles. The van der Waals surface area contributed by atoms with Gasteiger partial charge < -0.3 is 14.2 Å². The van der Waals surface area contributed by atoms with E-state index in [0.29, 0.717) is 30.3 Å². The molecule has 4 nitrogen and oxygen atoms in total. The number of methoxy groups -OCH3 is 1. The molecule has 26 heavy (non-hydrogen) atoms. The SMILES string of the molecule is COc1cc(C#N)ccc1OCCOc1ccccc1-c1ccccc1. The lowest BCUT2D eigenvalue weighted by atomic mass is 10.1. The fraction of sp³-hybridized carbons (Fsp3) is 0.136. The molecule has 0 radical (unpaired) electrons. The van der Waals surface area contributed by atoms with E-state index in [1.807, 2.05) is 42.5 Å². The monoisotopic (exact) mass is 345 g/mol. The predicted octanol–water partition coefficient (Wildman–Crippen LogP) is 4.69. The summed E-state index contributed by atoms with van der Waals surface area (Å²) < 4.78 is 16.9. The van der Waals surface area contributed by atoms with Gasteiger partial charge in [0.05, 0.1) is 18.7 Å². The van der Waals surface area contributed by atoms with E-state index in [2.05, 4.69) is 18.2 Å². The van der Waals surface area contributed by atoms with Crippen molar-refractivity contribution in [2.45, 2.75) is 0 Å². The summed E-state index contributed by atoms with van der Waals surface area (Å²) >= 11 is 0. The van der Waals surface area contributed by atoms with Crippen molar-refractivity contribution in [3.05, 3.63) is 78.4 Å². The van der Waals surface area contributed by atoms with Gasteiger partial charge in [0.1, 0.15) is 19.0 Å². The van der Waals surface area contributed by atoms with Crippen LogP contribution in [0.5, 0.6) is 17.2 Å². The smallest absolute Gasteiger partial charge is 0.162 e. The molecule has 0 aliphatic rings. The van der Waals surface area contributed by atoms with Gasteiger partial charge in [0.2, 0.25) is 0 Å². The summed E-state index contributed by atoms with van der Waals surface area (Å²) in [6.45, 7) is 0.762. The average Bonchev–Trinajstić information content (AvgIpc) is 2.72. The van der Waals surface area contributed by atoms with Crippen LogP contribution in [-0.4, -0.2) is 20.3 Å². The molecule has 0 atom stereocenters. The van der Waals surface area contributed by atoms with Gasteiger partial charge in [0.15, 0.2) is 11.5 Å². The average molecular weight is 345 g/mol. The van der Waals surface area contributed by atoms with Crippen molar-refractivity contribution < 1.29 is 14.2 Å². The van der Waals surface area contributed by atoms with Crippen molar-refractivity contribution >= 4 is 0 Å². The van der Waals surface area contributed by atoms with E-state index >= 15 is 0 Å². The second kappa shape index (κ2) is 8.59. The van der Waals surface area contributed by atoms with Crippen LogP contribution in [0.2, 0.25) is 0 Å². The molecule has 0 saturated carbocycles. The molecule has 0 spiro atoms. The molecule has 0 N–H and O–H groups in total. The van der Waals surface area contributed by atoms with E-state index in [1.54, 1.807) is 25.3 Å². The van der Waals surface area contributed by atoms with E-state index in [1.165, 1.54) is 0 Å². The van der Waals surface area contributed by atoms with Gasteiger partial charge in [-0.1, -0.05) is 48.5 Å². The van der Waals surface area contributed by atoms with E-state index in [4.69, 9.17) is 19.5 Å². The number of hydrogen-bond acceptors (Lipinski definition) is 4. The first-order valence-electron chi connectivity index (χ1n) is 8.30. The Balaban J connectivity index is 1.62. The first-order valence-corrected chi connectivity index (χ1v) is 8.30. The van der Waals surface area contributed by atoms with Gasteiger partial charge in [-0.2, -0.15) is 5.26 Å². The third-order valence-corrected chi connectivity index (χ3v) is 3.86. The third kappa shape index (κ3) is 4.14. The number of ether oxygens (including phenoxy) is 3. The maximum absolute atomic E-state index is 8.94. The number of nitriles is 1. The lowest BCUT2D eigenvalue weighted by Gasteiger charge is -2.13. The van der Waals surface area contributed by atoms with Crippen LogP contribution in [0.4, 0.5) is 0 Å². The highest BCUT2D eigenvalue weighted by Gasteiger charge is 2.07. The Morgan fingerprint density at radius 3 is 2.19 bits per heavy atom. The Labute approximate surface area is 153 Å². The Morgan fingerprint density at radius 1 is 0.769 bits per heavy atom. The first kappa shape index (κ1) is 17.4. The van der Waals surface area contributed by atoms with Crippen molar-refractivity contribution in [2.24, 2.45) is 0 Å². The number of rotatable bonds is 7. The maximum atomic E-state index is 8.94. The first-order chi connectivity index (χ1) is 12.8. The summed E-state index contributed by atoms with van der Waals surface area (Å²) in [6.07, 6.45) is 0. The molecule has 4 heteroatoms. The molecule has 130 valence electrons. The predicted molar refractivity (Wildman–Crippen MR) is 101 cm³/mol. The molecule has 0 aromatic heterocycles. The summed E-state index contributed by atoms with van der Waals surface area (Å²) in [7, 11) is 1.55. The van der Waals surface area contributed by atoms with E-state index in [0.717, 1.165) is 16.9 Å². The van der Waals surface area contributed by atoms with Crippen LogP contribution >= 0.6 is 0 Å². The highest BCUT2D eigenvalue weighted by Crippen LogP contribution is 2.30. The van der Waals surface area contributed by atoms with Crippen molar-refractivity contribution in [3.8, 4) is 34.4 Å². The molecule has 3 rings (SSSR count). The fourth-order valence-electron chi connectivity index (χ4n) is 2.61. The minimum absolute atomic E-state index is 0.366. The normalized spacial score (nSPS) is 10.0. The van der Waals surface area contributed by atoms with Gasteiger partial charge in [-0.3, -0.25) is 0 Å². The van der Waals surface area contributed by atoms with E-state index in [9.17, 15) is 0 Å². The maximum Gasteiger partial charge on any atom is 0.162 e. The van der Waals surface area contributed by atoms with Crippen molar-refractivity contribution in [1.82, 2.24) is 0 Å². The van der Waals surface area contributed by atoms with Crippen LogP contribution in [0, 0.1) is 11.3 Å². The Hall–Kier alpha value is -3.45. The molecule has 0 amide bonds. The van der Waals surface area contributed by atoms with Gasteiger partial charge in [0, 0.05) is 11.6 Å². The molecule has 3 aromatic carbocycles. The second-order valence-corrected chi connectivity index (χ2v) is 5.54. The molecule has 0 heterocycles. The van der Waals surface area contributed by atoms with E-state index < -0.39 is 0 Å². The third-order valence-electron chi connectivity index (χ3n) is 3.86. The quantitative estimate of drug-likeness (QED) is 0.583. The van der Waals surface area contributed by atoms with Gasteiger partial charge in [-0.25, -0.2) is 0 Å². The van der Waals surface area contributed by atoms with Gasteiger partial charge >= 0.3 is 0 Å². The van der Waals surface area contributed by atoms with Crippen LogP contribution in [0.25, 0.3) is 11.1 Å². The summed E-state index contributed by atoms with van der Waals surface area (Å²) in [6, 6.07) is 25.2. The molecule has 3 aromatic rings. The standard InChI is InChI=1S/C22H19NO3/c1-24-22-15-17(16-23)11-12-21(22)26-14-13-25-20-10-6-5-9-19(20)18-7-3-2-4-8-18/h2-12,15H,13-14H2,1H3. The Morgan fingerprint density at radius 2 is 1.46 bits per heavy atom. The van der Waals surface area contributed by atoms with Gasteiger partial charge in [-0.05, 0) is 23.8 Å². The Kier molecular flexibility index (Phi) is 5.74. The molecule has 0 bridgehead atoms. The lowest BCUT2D eigenvalue weighted by molar-refractivity contribution is 0.212. The van der Waals surface area contributed by atoms with Crippen molar-refractivity contribution in [1.29, 1.82) is 5.26 Å². The number of hydrogen-bond donors (Lipinski definition) is 0. The highest BCUT2D eigenvalue weighted by molar-refractivity contribution is 5.70. The van der Waals surface area contributed by atoms with Gasteiger partial charge in [-0.15, -0.1) is 0 Å². The highest BCUT2D eigenvalue weighted by atomic mass is 16.5. The second-order valence-electron chi connectivity index (χ2n) is 5.54. The topological polar surface area (TPSA) is 51.5 Å². The van der Waals surface area contributed by atoms with Crippen molar-refractivity contribution in [3.63, 3.8) is 0 Å². The van der Waals surface area contributed by atoms with Crippen molar-refractivity contribution in [2.75, 3.05) is 20.3 Å². The van der Waals surface area contributed by atoms with E-state index in [-0.39, 0.29) is 0 Å². The largest absolute Gasteiger partial charge is 0.493 e. The van der Waals surface area contributed by atoms with Crippen LogP contribution < -0.4 is 14.2 Å². The fourth-order valence-corrected chi connectivity index (χ4v) is 2.61. The number of benzene rings is 3. The lowest BCUT2D eigenvalue weighted by Crippen LogP contribution is -2.10. The molecular formula is C22H19NO3. The van der Waals surface area contributed by atoms with Crippen LogP contribution in [-0.2, 0) is 0 Å². The minimum Gasteiger partial charge on any atom is -0.493 e. The zero-order chi connectivity index (χ0) is 18.2.